The highest BCUT2D eigenvalue weighted by molar-refractivity contribution is 9.10. The van der Waals surface area contributed by atoms with Crippen molar-refractivity contribution in [1.29, 1.82) is 0 Å². The molecular weight excluding hydrogens is 438 g/mol. The van der Waals surface area contributed by atoms with Gasteiger partial charge in [-0.05, 0) is 57.4 Å². The third kappa shape index (κ3) is 3.97. The molecule has 0 spiro atoms. The summed E-state index contributed by atoms with van der Waals surface area (Å²) < 4.78 is 7.86. The van der Waals surface area contributed by atoms with Gasteiger partial charge in [-0.2, -0.15) is 0 Å². The zero-order valence-corrected chi connectivity index (χ0v) is 18.1. The Morgan fingerprint density at radius 3 is 2.75 bits per heavy atom. The Hall–Kier alpha value is -2.22. The Morgan fingerprint density at radius 2 is 1.96 bits per heavy atom. The van der Waals surface area contributed by atoms with Crippen LogP contribution in [0.5, 0.6) is 0 Å². The van der Waals surface area contributed by atoms with E-state index in [1.54, 1.807) is 11.0 Å². The predicted octanol–water partition coefficient (Wildman–Crippen LogP) is 5.40. The molecule has 0 atom stereocenters. The molecule has 1 amide bonds. The molecule has 4 aromatic rings. The number of para-hydroxylation sites is 1. The van der Waals surface area contributed by atoms with E-state index in [9.17, 15) is 4.79 Å². The SMILES string of the molecule is CN(C)CCCN(C(=O)c1cc2ccccc2o1)c1nc2ccc(Br)cc2s1. The first kappa shape index (κ1) is 19.1. The Bertz CT molecular complexity index is 1100. The first-order valence-electron chi connectivity index (χ1n) is 9.02. The molecule has 144 valence electrons. The van der Waals surface area contributed by atoms with Gasteiger partial charge >= 0.3 is 0 Å². The van der Waals surface area contributed by atoms with Crippen LogP contribution in [0.25, 0.3) is 21.2 Å². The number of fused-ring (bicyclic) bond motifs is 2. The van der Waals surface area contributed by atoms with Crippen molar-refractivity contribution in [1.82, 2.24) is 9.88 Å². The van der Waals surface area contributed by atoms with E-state index in [0.29, 0.717) is 23.0 Å². The average Bonchev–Trinajstić information content (AvgIpc) is 3.27. The third-order valence-electron chi connectivity index (χ3n) is 4.44. The first-order valence-corrected chi connectivity index (χ1v) is 10.6. The van der Waals surface area contributed by atoms with E-state index in [4.69, 9.17) is 9.40 Å². The number of carbonyl (C=O) groups is 1. The monoisotopic (exact) mass is 457 g/mol. The van der Waals surface area contributed by atoms with Crippen LogP contribution in [0.15, 0.2) is 57.4 Å². The van der Waals surface area contributed by atoms with E-state index < -0.39 is 0 Å². The number of anilines is 1. The molecule has 2 aromatic heterocycles. The summed E-state index contributed by atoms with van der Waals surface area (Å²) in [6.45, 7) is 1.47. The van der Waals surface area contributed by atoms with Gasteiger partial charge in [0, 0.05) is 16.4 Å². The Balaban J connectivity index is 1.69. The number of thiazole rings is 1. The van der Waals surface area contributed by atoms with Gasteiger partial charge in [0.2, 0.25) is 0 Å². The lowest BCUT2D eigenvalue weighted by atomic mass is 10.2. The lowest BCUT2D eigenvalue weighted by molar-refractivity contribution is 0.0961. The maximum atomic E-state index is 13.3. The van der Waals surface area contributed by atoms with Gasteiger partial charge in [0.05, 0.1) is 10.2 Å². The number of benzene rings is 2. The molecule has 4 rings (SSSR count). The lowest BCUT2D eigenvalue weighted by Crippen LogP contribution is -2.33. The molecule has 5 nitrogen and oxygen atoms in total. The number of hydrogen-bond acceptors (Lipinski definition) is 5. The van der Waals surface area contributed by atoms with E-state index in [2.05, 4.69) is 20.8 Å². The Morgan fingerprint density at radius 1 is 1.14 bits per heavy atom. The molecule has 0 N–H and O–H groups in total. The number of hydrogen-bond donors (Lipinski definition) is 0. The Labute approximate surface area is 175 Å². The topological polar surface area (TPSA) is 49.6 Å². The second kappa shape index (κ2) is 8.03. The van der Waals surface area contributed by atoms with Crippen molar-refractivity contribution in [3.63, 3.8) is 0 Å². The van der Waals surface area contributed by atoms with Crippen LogP contribution in [0.4, 0.5) is 5.13 Å². The summed E-state index contributed by atoms with van der Waals surface area (Å²) >= 11 is 5.02. The van der Waals surface area contributed by atoms with Crippen LogP contribution >= 0.6 is 27.3 Å². The van der Waals surface area contributed by atoms with Gasteiger partial charge in [-0.3, -0.25) is 9.69 Å². The first-order chi connectivity index (χ1) is 13.5. The predicted molar refractivity (Wildman–Crippen MR) is 118 cm³/mol. The molecule has 0 fully saturated rings. The molecule has 0 aliphatic carbocycles. The quantitative estimate of drug-likeness (QED) is 0.388. The van der Waals surface area contributed by atoms with Crippen molar-refractivity contribution in [2.75, 3.05) is 32.1 Å². The summed E-state index contributed by atoms with van der Waals surface area (Å²) in [5.74, 6) is 0.180. The fourth-order valence-corrected chi connectivity index (χ4v) is 4.59. The van der Waals surface area contributed by atoms with Crippen molar-refractivity contribution in [3.05, 3.63) is 58.8 Å². The largest absolute Gasteiger partial charge is 0.451 e. The van der Waals surface area contributed by atoms with Gasteiger partial charge in [-0.15, -0.1) is 0 Å². The van der Waals surface area contributed by atoms with E-state index >= 15 is 0 Å². The summed E-state index contributed by atoms with van der Waals surface area (Å²) in [7, 11) is 4.06. The highest BCUT2D eigenvalue weighted by Crippen LogP contribution is 2.32. The standard InChI is InChI=1S/C21H20BrN3O2S/c1-24(2)10-5-11-25(21-23-16-9-8-15(22)13-19(16)28-21)20(26)18-12-14-6-3-4-7-17(14)27-18/h3-4,6-9,12-13H,5,10-11H2,1-2H3. The smallest absolute Gasteiger partial charge is 0.295 e. The van der Waals surface area contributed by atoms with Crippen LogP contribution in [0.2, 0.25) is 0 Å². The molecule has 0 unspecified atom stereocenters. The van der Waals surface area contributed by atoms with Crippen LogP contribution in [-0.4, -0.2) is 43.0 Å². The maximum Gasteiger partial charge on any atom is 0.295 e. The number of rotatable bonds is 6. The second-order valence-electron chi connectivity index (χ2n) is 6.87. The van der Waals surface area contributed by atoms with Crippen molar-refractivity contribution >= 4 is 59.5 Å². The van der Waals surface area contributed by atoms with Crippen LogP contribution < -0.4 is 4.90 Å². The number of carbonyl (C=O) groups excluding carboxylic acids is 1. The minimum Gasteiger partial charge on any atom is -0.451 e. The molecule has 0 bridgehead atoms. The molecular formula is C21H20BrN3O2S. The van der Waals surface area contributed by atoms with Crippen molar-refractivity contribution < 1.29 is 9.21 Å². The maximum absolute atomic E-state index is 13.3. The zero-order chi connectivity index (χ0) is 19.7. The summed E-state index contributed by atoms with van der Waals surface area (Å²) in [4.78, 5) is 21.9. The molecule has 0 saturated heterocycles. The molecule has 0 aliphatic rings. The second-order valence-corrected chi connectivity index (χ2v) is 8.80. The summed E-state index contributed by atoms with van der Waals surface area (Å²) in [6.07, 6.45) is 0.846. The van der Waals surface area contributed by atoms with Gasteiger partial charge in [0.1, 0.15) is 5.58 Å². The zero-order valence-electron chi connectivity index (χ0n) is 15.7. The fourth-order valence-electron chi connectivity index (χ4n) is 3.05. The average molecular weight is 458 g/mol. The molecule has 0 radical (unpaired) electrons. The van der Waals surface area contributed by atoms with Crippen molar-refractivity contribution in [3.8, 4) is 0 Å². The van der Waals surface area contributed by atoms with Crippen molar-refractivity contribution in [2.45, 2.75) is 6.42 Å². The number of amides is 1. The fraction of sp³-hybridized carbons (Fsp3) is 0.238. The van der Waals surface area contributed by atoms with Gasteiger partial charge < -0.3 is 9.32 Å². The van der Waals surface area contributed by atoms with Gasteiger partial charge in [0.25, 0.3) is 5.91 Å². The highest BCUT2D eigenvalue weighted by Gasteiger charge is 2.24. The van der Waals surface area contributed by atoms with Crippen LogP contribution in [-0.2, 0) is 0 Å². The summed E-state index contributed by atoms with van der Waals surface area (Å²) in [6, 6.07) is 15.4. The molecule has 2 aromatic carbocycles. The normalized spacial score (nSPS) is 11.6. The van der Waals surface area contributed by atoms with E-state index in [1.165, 1.54) is 11.3 Å². The van der Waals surface area contributed by atoms with Crippen LogP contribution in [0.3, 0.4) is 0 Å². The highest BCUT2D eigenvalue weighted by atomic mass is 79.9. The molecule has 0 saturated carbocycles. The van der Waals surface area contributed by atoms with Gasteiger partial charge in [0.15, 0.2) is 10.9 Å². The summed E-state index contributed by atoms with van der Waals surface area (Å²) in [5, 5.41) is 1.62. The van der Waals surface area contributed by atoms with E-state index in [-0.39, 0.29) is 5.91 Å². The van der Waals surface area contributed by atoms with Gasteiger partial charge in [-0.25, -0.2) is 4.98 Å². The number of furan rings is 1. The molecule has 28 heavy (non-hydrogen) atoms. The van der Waals surface area contributed by atoms with Crippen molar-refractivity contribution in [2.24, 2.45) is 0 Å². The number of halogens is 1. The number of aromatic nitrogens is 1. The van der Waals surface area contributed by atoms with Crippen LogP contribution in [0, 0.1) is 0 Å². The van der Waals surface area contributed by atoms with Crippen LogP contribution in [0.1, 0.15) is 17.0 Å². The third-order valence-corrected chi connectivity index (χ3v) is 5.97. The minimum atomic E-state index is -0.159. The summed E-state index contributed by atoms with van der Waals surface area (Å²) in [5.41, 5.74) is 1.60. The molecule has 0 aliphatic heterocycles. The van der Waals surface area contributed by atoms with E-state index in [0.717, 1.165) is 33.0 Å². The number of nitrogens with zero attached hydrogens (tertiary/aromatic N) is 3. The Kier molecular flexibility index (Phi) is 5.48. The minimum absolute atomic E-state index is 0.159. The molecule has 7 heteroatoms. The van der Waals surface area contributed by atoms with E-state index in [1.807, 2.05) is 56.6 Å². The van der Waals surface area contributed by atoms with Gasteiger partial charge in [-0.1, -0.05) is 45.5 Å². The lowest BCUT2D eigenvalue weighted by Gasteiger charge is -2.19. The molecule has 2 heterocycles.